The van der Waals surface area contributed by atoms with Crippen molar-refractivity contribution in [3.05, 3.63) is 35.8 Å². The molecule has 2 aromatic rings. The SMILES string of the molecule is CCOC(=O)c1cc2occc2cc1F. The summed E-state index contributed by atoms with van der Waals surface area (Å²) in [5.74, 6) is -1.27. The van der Waals surface area contributed by atoms with E-state index in [1.165, 1.54) is 18.4 Å². The molecule has 78 valence electrons. The summed E-state index contributed by atoms with van der Waals surface area (Å²) in [5.41, 5.74) is 0.374. The second-order valence-corrected chi connectivity index (χ2v) is 3.01. The topological polar surface area (TPSA) is 39.4 Å². The number of rotatable bonds is 2. The van der Waals surface area contributed by atoms with E-state index in [1.54, 1.807) is 13.0 Å². The Labute approximate surface area is 85.4 Å². The minimum absolute atomic E-state index is 0.0979. The van der Waals surface area contributed by atoms with Gasteiger partial charge in [0, 0.05) is 5.39 Å². The highest BCUT2D eigenvalue weighted by Gasteiger charge is 2.14. The highest BCUT2D eigenvalue weighted by Crippen LogP contribution is 2.20. The van der Waals surface area contributed by atoms with Crippen molar-refractivity contribution < 1.29 is 18.3 Å². The van der Waals surface area contributed by atoms with Crippen molar-refractivity contribution in [2.45, 2.75) is 6.92 Å². The number of esters is 1. The average molecular weight is 208 g/mol. The Morgan fingerprint density at radius 3 is 3.07 bits per heavy atom. The van der Waals surface area contributed by atoms with Crippen molar-refractivity contribution in [1.82, 2.24) is 0 Å². The highest BCUT2D eigenvalue weighted by molar-refractivity contribution is 5.94. The molecule has 1 heterocycles. The second-order valence-electron chi connectivity index (χ2n) is 3.01. The van der Waals surface area contributed by atoms with Gasteiger partial charge in [0.15, 0.2) is 0 Å². The van der Waals surface area contributed by atoms with Crippen molar-refractivity contribution >= 4 is 16.9 Å². The van der Waals surface area contributed by atoms with E-state index in [9.17, 15) is 9.18 Å². The van der Waals surface area contributed by atoms with Crippen LogP contribution in [0.2, 0.25) is 0 Å². The Balaban J connectivity index is 2.50. The van der Waals surface area contributed by atoms with Crippen molar-refractivity contribution in [3.63, 3.8) is 0 Å². The number of hydrogen-bond acceptors (Lipinski definition) is 3. The van der Waals surface area contributed by atoms with Gasteiger partial charge < -0.3 is 9.15 Å². The summed E-state index contributed by atoms with van der Waals surface area (Å²) in [6.07, 6.45) is 1.44. The molecule has 0 amide bonds. The zero-order valence-electron chi connectivity index (χ0n) is 8.12. The zero-order valence-corrected chi connectivity index (χ0v) is 8.12. The smallest absolute Gasteiger partial charge is 0.341 e. The van der Waals surface area contributed by atoms with E-state index in [-0.39, 0.29) is 12.2 Å². The van der Waals surface area contributed by atoms with Crippen molar-refractivity contribution in [1.29, 1.82) is 0 Å². The van der Waals surface area contributed by atoms with Gasteiger partial charge in [0.2, 0.25) is 0 Å². The standard InChI is InChI=1S/C11H9FO3/c1-2-14-11(13)8-6-10-7(3-4-15-10)5-9(8)12/h3-6H,2H2,1H3. The summed E-state index contributed by atoms with van der Waals surface area (Å²) in [6, 6.07) is 4.24. The van der Waals surface area contributed by atoms with Gasteiger partial charge in [-0.15, -0.1) is 0 Å². The molecular weight excluding hydrogens is 199 g/mol. The molecule has 4 heteroatoms. The number of carbonyl (C=O) groups is 1. The molecule has 0 bridgehead atoms. The number of hydrogen-bond donors (Lipinski definition) is 0. The highest BCUT2D eigenvalue weighted by atomic mass is 19.1. The molecule has 1 aromatic heterocycles. The van der Waals surface area contributed by atoms with Crippen LogP contribution in [0, 0.1) is 5.82 Å². The Morgan fingerprint density at radius 1 is 1.53 bits per heavy atom. The number of furan rings is 1. The summed E-state index contributed by atoms with van der Waals surface area (Å²) in [4.78, 5) is 11.3. The van der Waals surface area contributed by atoms with E-state index in [4.69, 9.17) is 9.15 Å². The van der Waals surface area contributed by atoms with Gasteiger partial charge in [0.05, 0.1) is 18.4 Å². The first-order chi connectivity index (χ1) is 7.22. The lowest BCUT2D eigenvalue weighted by Crippen LogP contribution is -2.06. The Morgan fingerprint density at radius 2 is 2.33 bits per heavy atom. The van der Waals surface area contributed by atoms with E-state index in [2.05, 4.69) is 0 Å². The van der Waals surface area contributed by atoms with Crippen molar-refractivity contribution in [2.75, 3.05) is 6.61 Å². The van der Waals surface area contributed by atoms with Crippen LogP contribution in [0.3, 0.4) is 0 Å². The lowest BCUT2D eigenvalue weighted by Gasteiger charge is -2.02. The largest absolute Gasteiger partial charge is 0.464 e. The molecule has 1 aromatic carbocycles. The molecule has 0 spiro atoms. The normalized spacial score (nSPS) is 10.5. The van der Waals surface area contributed by atoms with E-state index in [1.807, 2.05) is 0 Å². The summed E-state index contributed by atoms with van der Waals surface area (Å²) >= 11 is 0. The predicted octanol–water partition coefficient (Wildman–Crippen LogP) is 2.75. The van der Waals surface area contributed by atoms with Gasteiger partial charge >= 0.3 is 5.97 Å². The molecule has 0 unspecified atom stereocenters. The van der Waals surface area contributed by atoms with E-state index in [0.29, 0.717) is 11.0 Å². The molecule has 0 aliphatic heterocycles. The Kier molecular flexibility index (Phi) is 2.41. The first-order valence-electron chi connectivity index (χ1n) is 4.56. The van der Waals surface area contributed by atoms with Crippen LogP contribution in [0.5, 0.6) is 0 Å². The molecule has 0 aliphatic carbocycles. The maximum Gasteiger partial charge on any atom is 0.341 e. The number of fused-ring (bicyclic) bond motifs is 1. The first kappa shape index (κ1) is 9.71. The molecule has 2 rings (SSSR count). The van der Waals surface area contributed by atoms with Crippen molar-refractivity contribution in [2.24, 2.45) is 0 Å². The van der Waals surface area contributed by atoms with Crippen LogP contribution in [0.25, 0.3) is 11.0 Å². The molecule has 0 saturated heterocycles. The minimum Gasteiger partial charge on any atom is -0.464 e. The Hall–Kier alpha value is -1.84. The third kappa shape index (κ3) is 1.70. The third-order valence-electron chi connectivity index (χ3n) is 2.04. The van der Waals surface area contributed by atoms with Gasteiger partial charge in [-0.1, -0.05) is 0 Å². The van der Waals surface area contributed by atoms with Gasteiger partial charge in [-0.2, -0.15) is 0 Å². The van der Waals surface area contributed by atoms with Gasteiger partial charge in [0.25, 0.3) is 0 Å². The fourth-order valence-corrected chi connectivity index (χ4v) is 1.35. The summed E-state index contributed by atoms with van der Waals surface area (Å²) in [6.45, 7) is 1.88. The number of ether oxygens (including phenoxy) is 1. The first-order valence-corrected chi connectivity index (χ1v) is 4.56. The Bertz CT molecular complexity index is 502. The van der Waals surface area contributed by atoms with E-state index in [0.717, 1.165) is 0 Å². The van der Waals surface area contributed by atoms with Crippen LogP contribution in [0.15, 0.2) is 28.9 Å². The van der Waals surface area contributed by atoms with E-state index < -0.39 is 11.8 Å². The van der Waals surface area contributed by atoms with Crippen LogP contribution in [-0.2, 0) is 4.74 Å². The number of benzene rings is 1. The molecule has 0 N–H and O–H groups in total. The lowest BCUT2D eigenvalue weighted by atomic mass is 10.1. The molecule has 3 nitrogen and oxygen atoms in total. The summed E-state index contributed by atoms with van der Waals surface area (Å²) in [5, 5.41) is 0.626. The molecule has 0 saturated carbocycles. The van der Waals surface area contributed by atoms with Crippen LogP contribution >= 0.6 is 0 Å². The molecule has 0 fully saturated rings. The van der Waals surface area contributed by atoms with Crippen LogP contribution in [0.4, 0.5) is 4.39 Å². The monoisotopic (exact) mass is 208 g/mol. The lowest BCUT2D eigenvalue weighted by molar-refractivity contribution is 0.0521. The second kappa shape index (κ2) is 3.73. The van der Waals surface area contributed by atoms with Crippen LogP contribution in [-0.4, -0.2) is 12.6 Å². The van der Waals surface area contributed by atoms with Crippen LogP contribution in [0.1, 0.15) is 17.3 Å². The molecule has 15 heavy (non-hydrogen) atoms. The summed E-state index contributed by atoms with van der Waals surface area (Å²) < 4.78 is 23.2. The number of carbonyl (C=O) groups excluding carboxylic acids is 1. The fraction of sp³-hybridized carbons (Fsp3) is 0.182. The fourth-order valence-electron chi connectivity index (χ4n) is 1.35. The van der Waals surface area contributed by atoms with E-state index >= 15 is 0 Å². The molecular formula is C11H9FO3. The average Bonchev–Trinajstić information content (AvgIpc) is 2.63. The molecule has 0 aliphatic rings. The summed E-state index contributed by atoms with van der Waals surface area (Å²) in [7, 11) is 0. The minimum atomic E-state index is -0.673. The third-order valence-corrected chi connectivity index (χ3v) is 2.04. The van der Waals surface area contributed by atoms with Gasteiger partial charge in [-0.25, -0.2) is 9.18 Å². The number of halogens is 1. The quantitative estimate of drug-likeness (QED) is 0.712. The molecule has 0 radical (unpaired) electrons. The van der Waals surface area contributed by atoms with Gasteiger partial charge in [-0.3, -0.25) is 0 Å². The van der Waals surface area contributed by atoms with Gasteiger partial charge in [0.1, 0.15) is 11.4 Å². The predicted molar refractivity (Wildman–Crippen MR) is 52.1 cm³/mol. The maximum atomic E-state index is 13.4. The molecule has 0 atom stereocenters. The maximum absolute atomic E-state index is 13.4. The van der Waals surface area contributed by atoms with Crippen molar-refractivity contribution in [3.8, 4) is 0 Å². The zero-order chi connectivity index (χ0) is 10.8. The van der Waals surface area contributed by atoms with Crippen LogP contribution < -0.4 is 0 Å². The van der Waals surface area contributed by atoms with Gasteiger partial charge in [-0.05, 0) is 25.1 Å².